The number of amides is 1. The molecule has 0 bridgehead atoms. The molecule has 0 aliphatic carbocycles. The van der Waals surface area contributed by atoms with Crippen LogP contribution in [0.2, 0.25) is 0 Å². The van der Waals surface area contributed by atoms with Crippen LogP contribution in [0.1, 0.15) is 16.7 Å². The van der Waals surface area contributed by atoms with E-state index < -0.39 is 40.2 Å². The van der Waals surface area contributed by atoms with Crippen LogP contribution in [-0.2, 0) is 23.3 Å². The van der Waals surface area contributed by atoms with Gasteiger partial charge in [-0.3, -0.25) is 4.72 Å². The maximum Gasteiger partial charge on any atom is 0.414 e. The molecule has 176 valence electrons. The Labute approximate surface area is 188 Å². The minimum Gasteiger partial charge on any atom is -0.422 e. The first-order chi connectivity index (χ1) is 15.5. The second kappa shape index (κ2) is 9.55. The summed E-state index contributed by atoms with van der Waals surface area (Å²) in [5, 5.41) is 0.0151. The summed E-state index contributed by atoms with van der Waals surface area (Å²) in [5.41, 5.74) is -0.400. The molecule has 0 aliphatic heterocycles. The van der Waals surface area contributed by atoms with Crippen LogP contribution >= 0.6 is 0 Å². The first kappa shape index (κ1) is 24.1. The highest BCUT2D eigenvalue weighted by Crippen LogP contribution is 2.29. The van der Waals surface area contributed by atoms with Gasteiger partial charge in [0.15, 0.2) is 11.6 Å². The highest BCUT2D eigenvalue weighted by Gasteiger charge is 2.20. The number of carbonyl (C=O) groups is 1. The molecule has 0 saturated carbocycles. The maximum atomic E-state index is 14.6. The number of carbonyl (C=O) groups excluding carboxylic acids is 1. The van der Waals surface area contributed by atoms with Crippen molar-refractivity contribution >= 4 is 33.0 Å². The summed E-state index contributed by atoms with van der Waals surface area (Å²) >= 11 is 0. The van der Waals surface area contributed by atoms with Crippen molar-refractivity contribution in [2.24, 2.45) is 0 Å². The van der Waals surface area contributed by atoms with E-state index in [4.69, 9.17) is 9.15 Å². The Morgan fingerprint density at radius 1 is 1.18 bits per heavy atom. The minimum absolute atomic E-state index is 0.0151. The van der Waals surface area contributed by atoms with Gasteiger partial charge < -0.3 is 14.1 Å². The Kier molecular flexibility index (Phi) is 6.98. The lowest BCUT2D eigenvalue weighted by molar-refractivity contribution is 0.170. The van der Waals surface area contributed by atoms with Gasteiger partial charge in [-0.15, -0.1) is 0 Å². The molecule has 9 nitrogen and oxygen atoms in total. The number of anilines is 1. The van der Waals surface area contributed by atoms with Crippen molar-refractivity contribution in [3.8, 4) is 5.75 Å². The molecule has 2 N–H and O–H groups in total. The molecular weight excluding hydrogens is 460 g/mol. The van der Waals surface area contributed by atoms with Crippen molar-refractivity contribution in [3.63, 3.8) is 0 Å². The number of nitrogens with zero attached hydrogens (tertiary/aromatic N) is 1. The molecule has 0 spiro atoms. The van der Waals surface area contributed by atoms with Crippen LogP contribution in [0.15, 0.2) is 45.6 Å². The van der Waals surface area contributed by atoms with E-state index in [-0.39, 0.29) is 34.2 Å². The molecule has 0 fully saturated rings. The van der Waals surface area contributed by atoms with Gasteiger partial charge in [0.1, 0.15) is 12.3 Å². The number of rotatable bonds is 7. The topological polar surface area (TPSA) is 118 Å². The molecule has 1 aromatic heterocycles. The van der Waals surface area contributed by atoms with Crippen molar-refractivity contribution in [2.75, 3.05) is 25.9 Å². The molecule has 12 heteroatoms. The average Bonchev–Trinajstić information content (AvgIpc) is 2.75. The van der Waals surface area contributed by atoms with E-state index in [1.54, 1.807) is 12.1 Å². The van der Waals surface area contributed by atoms with Gasteiger partial charge in [-0.1, -0.05) is 12.1 Å². The Balaban J connectivity index is 2.03. The fraction of sp³-hybridized carbons (Fsp3) is 0.238. The summed E-state index contributed by atoms with van der Waals surface area (Å²) in [7, 11) is 0.307. The smallest absolute Gasteiger partial charge is 0.414 e. The molecule has 0 aliphatic rings. The predicted molar refractivity (Wildman–Crippen MR) is 118 cm³/mol. The van der Waals surface area contributed by atoms with Gasteiger partial charge in [0.05, 0.1) is 5.69 Å². The zero-order valence-corrected chi connectivity index (χ0v) is 18.8. The Bertz CT molecular complexity index is 1370. The number of benzene rings is 2. The average molecular weight is 481 g/mol. The standard InChI is InChI=1S/C21H21F2N3O6S/c1-24-33(29,30)25-13-6-4-5-12(7-13)8-15-16(11-22)14-9-17(23)19(32-21(28)26(2)3)10-18(14)31-20(15)27/h4-7,9-10,24-25H,8,11H2,1-3H3. The number of fused-ring (bicyclic) bond motifs is 1. The molecule has 0 unspecified atom stereocenters. The molecule has 0 saturated heterocycles. The van der Waals surface area contributed by atoms with Crippen molar-refractivity contribution in [1.82, 2.24) is 9.62 Å². The van der Waals surface area contributed by atoms with Crippen LogP contribution in [0.5, 0.6) is 5.75 Å². The zero-order valence-electron chi connectivity index (χ0n) is 17.9. The molecule has 2 aromatic carbocycles. The van der Waals surface area contributed by atoms with E-state index in [1.165, 1.54) is 33.3 Å². The summed E-state index contributed by atoms with van der Waals surface area (Å²) in [5.74, 6) is -1.40. The van der Waals surface area contributed by atoms with Crippen LogP contribution in [0.25, 0.3) is 11.0 Å². The summed E-state index contributed by atoms with van der Waals surface area (Å²) in [4.78, 5) is 25.4. The molecule has 3 rings (SSSR count). The summed E-state index contributed by atoms with van der Waals surface area (Å²) in [6.45, 7) is -1.08. The SMILES string of the molecule is CNS(=O)(=O)Nc1cccc(Cc2c(CF)c3cc(F)c(OC(=O)N(C)C)cc3oc2=O)c1. The van der Waals surface area contributed by atoms with Crippen LogP contribution in [-0.4, -0.2) is 40.6 Å². The van der Waals surface area contributed by atoms with E-state index in [0.29, 0.717) is 5.56 Å². The predicted octanol–water partition coefficient (Wildman–Crippen LogP) is 2.93. The van der Waals surface area contributed by atoms with Crippen LogP contribution in [0, 0.1) is 5.82 Å². The second-order valence-electron chi connectivity index (χ2n) is 7.21. The van der Waals surface area contributed by atoms with Crippen molar-refractivity contribution < 1.29 is 31.1 Å². The van der Waals surface area contributed by atoms with Gasteiger partial charge >= 0.3 is 11.7 Å². The highest BCUT2D eigenvalue weighted by atomic mass is 32.2. The highest BCUT2D eigenvalue weighted by molar-refractivity contribution is 7.90. The Morgan fingerprint density at radius 3 is 2.55 bits per heavy atom. The monoisotopic (exact) mass is 481 g/mol. The van der Waals surface area contributed by atoms with E-state index in [2.05, 4.69) is 9.44 Å². The third kappa shape index (κ3) is 5.46. The summed E-state index contributed by atoms with van der Waals surface area (Å²) < 4.78 is 66.5. The Hall–Kier alpha value is -3.51. The number of halogens is 2. The van der Waals surface area contributed by atoms with Gasteiger partial charge in [0.2, 0.25) is 0 Å². The lowest BCUT2D eigenvalue weighted by atomic mass is 9.99. The third-order valence-corrected chi connectivity index (χ3v) is 5.74. The minimum atomic E-state index is -3.76. The first-order valence-corrected chi connectivity index (χ1v) is 11.1. The van der Waals surface area contributed by atoms with Crippen LogP contribution in [0.3, 0.4) is 0 Å². The third-order valence-electron chi connectivity index (χ3n) is 4.70. The van der Waals surface area contributed by atoms with E-state index in [1.807, 2.05) is 0 Å². The van der Waals surface area contributed by atoms with Gasteiger partial charge in [-0.25, -0.2) is 23.1 Å². The van der Waals surface area contributed by atoms with Gasteiger partial charge in [0.25, 0.3) is 10.2 Å². The van der Waals surface area contributed by atoms with Crippen LogP contribution < -0.4 is 19.8 Å². The molecule has 1 heterocycles. The lowest BCUT2D eigenvalue weighted by Gasteiger charge is -2.13. The van der Waals surface area contributed by atoms with Crippen molar-refractivity contribution in [3.05, 3.63) is 69.3 Å². The Morgan fingerprint density at radius 2 is 1.91 bits per heavy atom. The van der Waals surface area contributed by atoms with E-state index in [9.17, 15) is 26.8 Å². The fourth-order valence-corrected chi connectivity index (χ4v) is 3.59. The fourth-order valence-electron chi connectivity index (χ4n) is 3.05. The second-order valence-corrected chi connectivity index (χ2v) is 8.83. The zero-order chi connectivity index (χ0) is 24.3. The van der Waals surface area contributed by atoms with Crippen LogP contribution in [0.4, 0.5) is 19.3 Å². The van der Waals surface area contributed by atoms with Gasteiger partial charge in [-0.2, -0.15) is 8.42 Å². The number of nitrogens with one attached hydrogen (secondary N) is 2. The molecular formula is C21H21F2N3O6S. The van der Waals surface area contributed by atoms with Gasteiger partial charge in [0, 0.05) is 50.1 Å². The number of alkyl halides is 1. The van der Waals surface area contributed by atoms with E-state index >= 15 is 0 Å². The number of ether oxygens (including phenoxy) is 1. The largest absolute Gasteiger partial charge is 0.422 e. The lowest BCUT2D eigenvalue weighted by Crippen LogP contribution is -2.26. The summed E-state index contributed by atoms with van der Waals surface area (Å²) in [6, 6.07) is 8.11. The maximum absolute atomic E-state index is 14.6. The van der Waals surface area contributed by atoms with Crippen molar-refractivity contribution in [2.45, 2.75) is 13.1 Å². The summed E-state index contributed by atoms with van der Waals surface area (Å²) in [6.07, 6.45) is -0.933. The van der Waals surface area contributed by atoms with Gasteiger partial charge in [-0.05, 0) is 23.8 Å². The molecule has 0 radical (unpaired) electrons. The number of hydrogen-bond acceptors (Lipinski definition) is 6. The van der Waals surface area contributed by atoms with E-state index in [0.717, 1.165) is 17.0 Å². The normalized spacial score (nSPS) is 11.4. The quantitative estimate of drug-likeness (QED) is 0.501. The number of hydrogen-bond donors (Lipinski definition) is 2. The molecule has 33 heavy (non-hydrogen) atoms. The molecule has 1 amide bonds. The molecule has 3 aromatic rings. The first-order valence-electron chi connectivity index (χ1n) is 9.58. The van der Waals surface area contributed by atoms with Crippen molar-refractivity contribution in [1.29, 1.82) is 0 Å². The molecule has 0 atom stereocenters.